The Bertz CT molecular complexity index is 1520. The van der Waals surface area contributed by atoms with E-state index in [1.165, 1.54) is 41.9 Å². The minimum absolute atomic E-state index is 0.0656. The standard InChI is InChI=1S/C27H26Cl2N4O6S/c1-38-25-15-18(8-13-24(25)39-17-26(34)31-22-6-3-2-5-21(22)29)16-30-32-27(35)23-7-4-14-33(23)40(36,37)20-11-9-19(28)10-12-20/h2-3,5-6,8-13,15-16,23H,4,7,14,17H2,1H3,(H,31,34)(H,32,35)/b30-16-/t23-/m1/s1. The molecule has 1 fully saturated rings. The average molecular weight is 606 g/mol. The molecule has 1 saturated heterocycles. The number of carbonyl (C=O) groups excluding carboxylic acids is 2. The number of para-hydroxylation sites is 1. The quantitative estimate of drug-likeness (QED) is 0.262. The Hall–Kier alpha value is -3.64. The molecule has 0 aliphatic carbocycles. The van der Waals surface area contributed by atoms with Gasteiger partial charge < -0.3 is 14.8 Å². The molecule has 1 atom stereocenters. The molecule has 40 heavy (non-hydrogen) atoms. The van der Waals surface area contributed by atoms with Crippen LogP contribution in [-0.2, 0) is 19.6 Å². The van der Waals surface area contributed by atoms with E-state index in [9.17, 15) is 18.0 Å². The van der Waals surface area contributed by atoms with Crippen molar-refractivity contribution < 1.29 is 27.5 Å². The monoisotopic (exact) mass is 604 g/mol. The highest BCUT2D eigenvalue weighted by Crippen LogP contribution is 2.29. The van der Waals surface area contributed by atoms with Crippen molar-refractivity contribution in [2.45, 2.75) is 23.8 Å². The van der Waals surface area contributed by atoms with E-state index in [1.54, 1.807) is 42.5 Å². The second-order valence-corrected chi connectivity index (χ2v) is 11.4. The summed E-state index contributed by atoms with van der Waals surface area (Å²) in [5.41, 5.74) is 3.47. The Kier molecular flexibility index (Phi) is 9.64. The van der Waals surface area contributed by atoms with Gasteiger partial charge in [0.1, 0.15) is 6.04 Å². The van der Waals surface area contributed by atoms with Gasteiger partial charge in [0.2, 0.25) is 10.0 Å². The van der Waals surface area contributed by atoms with Crippen molar-refractivity contribution in [1.82, 2.24) is 9.73 Å². The fourth-order valence-corrected chi connectivity index (χ4v) is 6.02. The number of anilines is 1. The second kappa shape index (κ2) is 13.1. The van der Waals surface area contributed by atoms with Crippen LogP contribution >= 0.6 is 23.2 Å². The van der Waals surface area contributed by atoms with E-state index in [-0.39, 0.29) is 18.0 Å². The third-order valence-corrected chi connectivity index (χ3v) is 8.51. The highest BCUT2D eigenvalue weighted by molar-refractivity contribution is 7.89. The molecule has 4 rings (SSSR count). The lowest BCUT2D eigenvalue weighted by Gasteiger charge is -2.22. The first-order chi connectivity index (χ1) is 19.2. The maximum Gasteiger partial charge on any atom is 0.262 e. The highest BCUT2D eigenvalue weighted by Gasteiger charge is 2.39. The van der Waals surface area contributed by atoms with Crippen LogP contribution in [0.25, 0.3) is 0 Å². The highest BCUT2D eigenvalue weighted by atomic mass is 35.5. The van der Waals surface area contributed by atoms with E-state index in [0.717, 1.165) is 0 Å². The van der Waals surface area contributed by atoms with Crippen LogP contribution in [0.4, 0.5) is 5.69 Å². The summed E-state index contributed by atoms with van der Waals surface area (Å²) in [5, 5.41) is 7.48. The van der Waals surface area contributed by atoms with Gasteiger partial charge in [-0.05, 0) is 73.0 Å². The number of nitrogens with one attached hydrogen (secondary N) is 2. The van der Waals surface area contributed by atoms with Crippen LogP contribution in [0.1, 0.15) is 18.4 Å². The van der Waals surface area contributed by atoms with Gasteiger partial charge in [-0.2, -0.15) is 9.41 Å². The molecule has 2 amide bonds. The van der Waals surface area contributed by atoms with Crippen molar-refractivity contribution in [3.8, 4) is 11.5 Å². The number of sulfonamides is 1. The molecule has 3 aromatic rings. The molecule has 3 aromatic carbocycles. The van der Waals surface area contributed by atoms with Gasteiger partial charge in [-0.3, -0.25) is 9.59 Å². The molecular weight excluding hydrogens is 579 g/mol. The van der Waals surface area contributed by atoms with Crippen molar-refractivity contribution >= 4 is 56.9 Å². The molecule has 1 aliphatic heterocycles. The molecule has 0 unspecified atom stereocenters. The Labute approximate surface area is 241 Å². The molecule has 1 heterocycles. The Morgan fingerprint density at radius 1 is 1.07 bits per heavy atom. The molecule has 1 aliphatic rings. The SMILES string of the molecule is COc1cc(/C=N\NC(=O)[C@H]2CCCN2S(=O)(=O)c2ccc(Cl)cc2)ccc1OCC(=O)Nc1ccccc1Cl. The summed E-state index contributed by atoms with van der Waals surface area (Å²) in [4.78, 5) is 25.1. The first-order valence-corrected chi connectivity index (χ1v) is 14.3. The summed E-state index contributed by atoms with van der Waals surface area (Å²) in [6.45, 7) is -0.0519. The molecule has 0 saturated carbocycles. The van der Waals surface area contributed by atoms with Crippen molar-refractivity contribution in [2.75, 3.05) is 25.6 Å². The number of amides is 2. The molecule has 0 radical (unpaired) electrons. The van der Waals surface area contributed by atoms with Crippen LogP contribution < -0.4 is 20.2 Å². The predicted octanol–water partition coefficient (Wildman–Crippen LogP) is 4.32. The van der Waals surface area contributed by atoms with E-state index in [1.807, 2.05) is 0 Å². The summed E-state index contributed by atoms with van der Waals surface area (Å²) in [7, 11) is -2.43. The van der Waals surface area contributed by atoms with Gasteiger partial charge in [0.05, 0.1) is 28.9 Å². The van der Waals surface area contributed by atoms with Gasteiger partial charge in [-0.1, -0.05) is 35.3 Å². The summed E-state index contributed by atoms with van der Waals surface area (Å²) >= 11 is 11.9. The summed E-state index contributed by atoms with van der Waals surface area (Å²) in [6.07, 6.45) is 2.31. The zero-order valence-electron chi connectivity index (χ0n) is 21.3. The number of hydrogen-bond donors (Lipinski definition) is 2. The van der Waals surface area contributed by atoms with Crippen LogP contribution in [-0.4, -0.2) is 57.1 Å². The van der Waals surface area contributed by atoms with Gasteiger partial charge in [0.15, 0.2) is 18.1 Å². The van der Waals surface area contributed by atoms with Gasteiger partial charge in [0, 0.05) is 11.6 Å². The minimum atomic E-state index is -3.88. The average Bonchev–Trinajstić information content (AvgIpc) is 3.45. The Morgan fingerprint density at radius 3 is 2.55 bits per heavy atom. The van der Waals surface area contributed by atoms with Crippen molar-refractivity contribution in [2.24, 2.45) is 5.10 Å². The molecule has 0 aromatic heterocycles. The number of rotatable bonds is 10. The van der Waals surface area contributed by atoms with Gasteiger partial charge >= 0.3 is 0 Å². The number of nitrogens with zero attached hydrogens (tertiary/aromatic N) is 2. The molecule has 2 N–H and O–H groups in total. The van der Waals surface area contributed by atoms with E-state index >= 15 is 0 Å². The summed E-state index contributed by atoms with van der Waals surface area (Å²) in [5.74, 6) is -0.269. The number of halogens is 2. The Morgan fingerprint density at radius 2 is 1.82 bits per heavy atom. The lowest BCUT2D eigenvalue weighted by molar-refractivity contribution is -0.124. The van der Waals surface area contributed by atoms with Gasteiger partial charge in [0.25, 0.3) is 11.8 Å². The van der Waals surface area contributed by atoms with E-state index in [4.69, 9.17) is 32.7 Å². The maximum atomic E-state index is 13.1. The topological polar surface area (TPSA) is 126 Å². The van der Waals surface area contributed by atoms with E-state index < -0.39 is 27.9 Å². The zero-order valence-corrected chi connectivity index (χ0v) is 23.7. The lowest BCUT2D eigenvalue weighted by Crippen LogP contribution is -2.44. The first kappa shape index (κ1) is 29.3. The fourth-order valence-electron chi connectivity index (χ4n) is 4.05. The van der Waals surface area contributed by atoms with E-state index in [2.05, 4.69) is 15.8 Å². The lowest BCUT2D eigenvalue weighted by atomic mass is 10.2. The number of hydrazone groups is 1. The van der Waals surface area contributed by atoms with E-state index in [0.29, 0.717) is 45.6 Å². The van der Waals surface area contributed by atoms with Crippen LogP contribution in [0.5, 0.6) is 11.5 Å². The molecule has 0 bridgehead atoms. The summed E-state index contributed by atoms with van der Waals surface area (Å²) < 4.78 is 38.3. The third-order valence-electron chi connectivity index (χ3n) is 6.01. The van der Waals surface area contributed by atoms with Crippen LogP contribution in [0.15, 0.2) is 76.7 Å². The number of carbonyl (C=O) groups is 2. The van der Waals surface area contributed by atoms with Crippen LogP contribution in [0.2, 0.25) is 10.0 Å². The minimum Gasteiger partial charge on any atom is -0.493 e. The number of hydrogen-bond acceptors (Lipinski definition) is 7. The molecule has 0 spiro atoms. The number of methoxy groups -OCH3 is 1. The van der Waals surface area contributed by atoms with Gasteiger partial charge in [-0.15, -0.1) is 0 Å². The predicted molar refractivity (Wildman–Crippen MR) is 153 cm³/mol. The molecule has 10 nitrogen and oxygen atoms in total. The van der Waals surface area contributed by atoms with Gasteiger partial charge in [-0.25, -0.2) is 13.8 Å². The largest absolute Gasteiger partial charge is 0.493 e. The fraction of sp³-hybridized carbons (Fsp3) is 0.222. The van der Waals surface area contributed by atoms with Crippen molar-refractivity contribution in [3.63, 3.8) is 0 Å². The third kappa shape index (κ3) is 7.11. The zero-order chi connectivity index (χ0) is 28.7. The van der Waals surface area contributed by atoms with Crippen LogP contribution in [0, 0.1) is 0 Å². The normalized spacial score (nSPS) is 15.6. The van der Waals surface area contributed by atoms with Crippen molar-refractivity contribution in [3.05, 3.63) is 82.3 Å². The second-order valence-electron chi connectivity index (χ2n) is 8.69. The maximum absolute atomic E-state index is 13.1. The number of ether oxygens (including phenoxy) is 2. The Balaban J connectivity index is 1.35. The number of benzene rings is 3. The molecular formula is C27H26Cl2N4O6S. The molecule has 13 heteroatoms. The first-order valence-electron chi connectivity index (χ1n) is 12.1. The summed E-state index contributed by atoms with van der Waals surface area (Å²) in [6, 6.07) is 16.6. The smallest absolute Gasteiger partial charge is 0.262 e. The van der Waals surface area contributed by atoms with Crippen LogP contribution in [0.3, 0.4) is 0 Å². The van der Waals surface area contributed by atoms with Crippen molar-refractivity contribution in [1.29, 1.82) is 0 Å². The molecule has 210 valence electrons.